The van der Waals surface area contributed by atoms with Crippen molar-refractivity contribution in [2.75, 3.05) is 32.8 Å². The van der Waals surface area contributed by atoms with Gasteiger partial charge in [-0.3, -0.25) is 9.69 Å². The molecule has 0 bridgehead atoms. The minimum atomic E-state index is 0.141. The van der Waals surface area contributed by atoms with E-state index in [4.69, 9.17) is 4.74 Å². The minimum Gasteiger partial charge on any atom is -0.372 e. The van der Waals surface area contributed by atoms with Crippen molar-refractivity contribution in [2.45, 2.75) is 51.3 Å². The lowest BCUT2D eigenvalue weighted by Crippen LogP contribution is -2.52. The SMILES string of the molecule is O=C(c1ccc2c(c1)nc1n2CCOC1)N1CCN(C2CCCCC2)CC1. The molecule has 0 spiro atoms. The van der Waals surface area contributed by atoms with E-state index in [0.29, 0.717) is 6.61 Å². The van der Waals surface area contributed by atoms with Crippen LogP contribution in [0.4, 0.5) is 0 Å². The lowest BCUT2D eigenvalue weighted by Gasteiger charge is -2.40. The molecule has 3 aliphatic rings. The summed E-state index contributed by atoms with van der Waals surface area (Å²) in [5.41, 5.74) is 2.76. The van der Waals surface area contributed by atoms with Crippen molar-refractivity contribution >= 4 is 16.9 Å². The number of carbonyl (C=O) groups excluding carboxylic acids is 1. The van der Waals surface area contributed by atoms with Crippen LogP contribution in [0.3, 0.4) is 0 Å². The van der Waals surface area contributed by atoms with Crippen molar-refractivity contribution in [1.29, 1.82) is 0 Å². The van der Waals surface area contributed by atoms with Crippen molar-refractivity contribution in [3.8, 4) is 0 Å². The third-order valence-corrected chi connectivity index (χ3v) is 6.46. The fraction of sp³-hybridized carbons (Fsp3) is 0.619. The first-order valence-electron chi connectivity index (χ1n) is 10.4. The molecule has 144 valence electrons. The number of fused-ring (bicyclic) bond motifs is 3. The van der Waals surface area contributed by atoms with Crippen LogP contribution in [-0.2, 0) is 17.9 Å². The van der Waals surface area contributed by atoms with Crippen LogP contribution in [0.15, 0.2) is 18.2 Å². The number of amides is 1. The van der Waals surface area contributed by atoms with Gasteiger partial charge in [0.2, 0.25) is 0 Å². The van der Waals surface area contributed by atoms with Gasteiger partial charge < -0.3 is 14.2 Å². The number of rotatable bonds is 2. The molecule has 1 saturated heterocycles. The maximum Gasteiger partial charge on any atom is 0.254 e. The van der Waals surface area contributed by atoms with Crippen LogP contribution in [0.1, 0.15) is 48.3 Å². The molecular formula is C21H28N4O2. The summed E-state index contributed by atoms with van der Waals surface area (Å²) >= 11 is 0. The van der Waals surface area contributed by atoms with Crippen LogP contribution in [0.5, 0.6) is 0 Å². The molecule has 1 saturated carbocycles. The van der Waals surface area contributed by atoms with E-state index in [9.17, 15) is 4.79 Å². The van der Waals surface area contributed by atoms with Crippen LogP contribution < -0.4 is 0 Å². The molecule has 2 aliphatic heterocycles. The maximum atomic E-state index is 13.0. The van der Waals surface area contributed by atoms with Crippen LogP contribution in [0, 0.1) is 0 Å². The van der Waals surface area contributed by atoms with Crippen molar-refractivity contribution in [3.05, 3.63) is 29.6 Å². The maximum absolute atomic E-state index is 13.0. The Hall–Kier alpha value is -1.92. The number of carbonyl (C=O) groups is 1. The van der Waals surface area contributed by atoms with Gasteiger partial charge in [-0.2, -0.15) is 0 Å². The molecule has 2 aromatic rings. The van der Waals surface area contributed by atoms with Crippen LogP contribution in [-0.4, -0.2) is 64.1 Å². The zero-order chi connectivity index (χ0) is 18.2. The number of piperazine rings is 1. The van der Waals surface area contributed by atoms with Gasteiger partial charge in [-0.1, -0.05) is 19.3 Å². The summed E-state index contributed by atoms with van der Waals surface area (Å²) in [5, 5.41) is 0. The molecular weight excluding hydrogens is 340 g/mol. The minimum absolute atomic E-state index is 0.141. The lowest BCUT2D eigenvalue weighted by atomic mass is 9.94. The Morgan fingerprint density at radius 2 is 1.85 bits per heavy atom. The monoisotopic (exact) mass is 368 g/mol. The lowest BCUT2D eigenvalue weighted by molar-refractivity contribution is 0.0523. The molecule has 1 aliphatic carbocycles. The van der Waals surface area contributed by atoms with E-state index in [-0.39, 0.29) is 5.91 Å². The van der Waals surface area contributed by atoms with Gasteiger partial charge in [0.05, 0.1) is 17.6 Å². The number of imidazole rings is 1. The van der Waals surface area contributed by atoms with E-state index in [0.717, 1.165) is 67.8 Å². The summed E-state index contributed by atoms with van der Waals surface area (Å²) in [7, 11) is 0. The Morgan fingerprint density at radius 1 is 1.04 bits per heavy atom. The molecule has 3 heterocycles. The van der Waals surface area contributed by atoms with Crippen LogP contribution in [0.25, 0.3) is 11.0 Å². The average Bonchev–Trinajstić information content (AvgIpc) is 3.12. The van der Waals surface area contributed by atoms with Gasteiger partial charge in [-0.05, 0) is 31.0 Å². The molecule has 2 fully saturated rings. The summed E-state index contributed by atoms with van der Waals surface area (Å²) in [5.74, 6) is 1.10. The van der Waals surface area contributed by atoms with Gasteiger partial charge in [0.1, 0.15) is 12.4 Å². The Morgan fingerprint density at radius 3 is 2.67 bits per heavy atom. The number of aromatic nitrogens is 2. The number of hydrogen-bond donors (Lipinski definition) is 0. The Labute approximate surface area is 160 Å². The van der Waals surface area contributed by atoms with E-state index in [2.05, 4.69) is 14.5 Å². The Kier molecular flexibility index (Phi) is 4.61. The first-order chi connectivity index (χ1) is 13.3. The van der Waals surface area contributed by atoms with E-state index < -0.39 is 0 Å². The molecule has 1 aromatic heterocycles. The quantitative estimate of drug-likeness (QED) is 0.818. The summed E-state index contributed by atoms with van der Waals surface area (Å²) in [4.78, 5) is 22.3. The standard InChI is InChI=1S/C21H28N4O2/c26-21(24-10-8-23(9-11-24)17-4-2-1-3-5-17)16-6-7-19-18(14-16)22-20-15-27-13-12-25(19)20/h6-7,14,17H,1-5,8-13,15H2. The van der Waals surface area contributed by atoms with E-state index in [1.165, 1.54) is 32.1 Å². The number of nitrogens with zero attached hydrogens (tertiary/aromatic N) is 4. The smallest absolute Gasteiger partial charge is 0.254 e. The van der Waals surface area contributed by atoms with Crippen LogP contribution in [0.2, 0.25) is 0 Å². The summed E-state index contributed by atoms with van der Waals surface area (Å²) in [6.45, 7) is 5.80. The van der Waals surface area contributed by atoms with Crippen molar-refractivity contribution in [2.24, 2.45) is 0 Å². The van der Waals surface area contributed by atoms with Gasteiger partial charge in [-0.25, -0.2) is 4.98 Å². The van der Waals surface area contributed by atoms with Crippen molar-refractivity contribution in [1.82, 2.24) is 19.4 Å². The Balaban J connectivity index is 1.28. The molecule has 6 nitrogen and oxygen atoms in total. The first kappa shape index (κ1) is 17.2. The summed E-state index contributed by atoms with van der Waals surface area (Å²) in [6, 6.07) is 6.70. The first-order valence-corrected chi connectivity index (χ1v) is 10.4. The van der Waals surface area contributed by atoms with E-state index >= 15 is 0 Å². The fourth-order valence-corrected chi connectivity index (χ4v) is 4.91. The third kappa shape index (κ3) is 3.25. The zero-order valence-electron chi connectivity index (χ0n) is 15.9. The molecule has 1 aromatic carbocycles. The van der Waals surface area contributed by atoms with Gasteiger partial charge in [0.25, 0.3) is 5.91 Å². The highest BCUT2D eigenvalue weighted by Crippen LogP contribution is 2.25. The van der Waals surface area contributed by atoms with E-state index in [1.54, 1.807) is 0 Å². The highest BCUT2D eigenvalue weighted by atomic mass is 16.5. The molecule has 0 unspecified atom stereocenters. The molecule has 27 heavy (non-hydrogen) atoms. The fourth-order valence-electron chi connectivity index (χ4n) is 4.91. The largest absolute Gasteiger partial charge is 0.372 e. The second-order valence-electron chi connectivity index (χ2n) is 8.06. The second kappa shape index (κ2) is 7.24. The second-order valence-corrected chi connectivity index (χ2v) is 8.06. The normalized spacial score (nSPS) is 22.1. The van der Waals surface area contributed by atoms with E-state index in [1.807, 2.05) is 23.1 Å². The molecule has 1 amide bonds. The van der Waals surface area contributed by atoms with Crippen LogP contribution >= 0.6 is 0 Å². The predicted molar refractivity (Wildman–Crippen MR) is 104 cm³/mol. The molecule has 0 N–H and O–H groups in total. The molecule has 0 atom stereocenters. The summed E-state index contributed by atoms with van der Waals surface area (Å²) in [6.07, 6.45) is 6.78. The predicted octanol–water partition coefficient (Wildman–Crippen LogP) is 2.66. The summed E-state index contributed by atoms with van der Waals surface area (Å²) < 4.78 is 7.70. The molecule has 5 rings (SSSR count). The van der Waals surface area contributed by atoms with Gasteiger partial charge >= 0.3 is 0 Å². The number of hydrogen-bond acceptors (Lipinski definition) is 4. The number of ether oxygens (including phenoxy) is 1. The van der Waals surface area contributed by atoms with Crippen molar-refractivity contribution < 1.29 is 9.53 Å². The third-order valence-electron chi connectivity index (χ3n) is 6.46. The average molecular weight is 368 g/mol. The van der Waals surface area contributed by atoms with Gasteiger partial charge in [0.15, 0.2) is 0 Å². The molecule has 0 radical (unpaired) electrons. The zero-order valence-corrected chi connectivity index (χ0v) is 15.9. The van der Waals surface area contributed by atoms with Crippen molar-refractivity contribution in [3.63, 3.8) is 0 Å². The van der Waals surface area contributed by atoms with Gasteiger partial charge in [0, 0.05) is 44.3 Å². The highest BCUT2D eigenvalue weighted by molar-refractivity contribution is 5.97. The number of benzene rings is 1. The topological polar surface area (TPSA) is 50.6 Å². The Bertz CT molecular complexity index is 832. The highest BCUT2D eigenvalue weighted by Gasteiger charge is 2.27. The van der Waals surface area contributed by atoms with Gasteiger partial charge in [-0.15, -0.1) is 0 Å². The molecule has 6 heteroatoms.